The predicted octanol–water partition coefficient (Wildman–Crippen LogP) is 4.86. The summed E-state index contributed by atoms with van der Waals surface area (Å²) < 4.78 is 43.7. The van der Waals surface area contributed by atoms with Crippen molar-refractivity contribution in [1.82, 2.24) is 20.6 Å². The van der Waals surface area contributed by atoms with Crippen LogP contribution in [0, 0.1) is 0 Å². The number of hydrogen-bond donors (Lipinski definition) is 2. The van der Waals surface area contributed by atoms with Gasteiger partial charge in [0.25, 0.3) is 0 Å². The third kappa shape index (κ3) is 10.1. The van der Waals surface area contributed by atoms with Crippen molar-refractivity contribution in [1.29, 1.82) is 0 Å². The zero-order valence-corrected chi connectivity index (χ0v) is 24.8. The Morgan fingerprint density at radius 1 is 0.943 bits per heavy atom. The maximum absolute atomic E-state index is 12.7. The number of aromatic nitrogens is 4. The van der Waals surface area contributed by atoms with E-state index in [-0.39, 0.29) is 70.3 Å². The minimum atomic E-state index is -4.33. The fourth-order valence-electron chi connectivity index (χ4n) is 3.58. The molecule has 0 spiro atoms. The number of tetrazole rings is 1. The van der Waals surface area contributed by atoms with Crippen LogP contribution in [0.1, 0.15) is 62.0 Å². The zero-order chi connectivity index (χ0) is 23.9. The molecule has 1 aromatic heterocycles. The second kappa shape index (κ2) is 14.6. The molecule has 0 unspecified atom stereocenters. The maximum Gasteiger partial charge on any atom is 0.416 e. The Labute approximate surface area is 248 Å². The molecule has 2 radical (unpaired) electrons. The van der Waals surface area contributed by atoms with E-state index in [9.17, 15) is 18.3 Å². The molecule has 0 fully saturated rings. The van der Waals surface area contributed by atoms with Gasteiger partial charge in [-0.2, -0.15) is 18.4 Å². The molecule has 11 heteroatoms. The van der Waals surface area contributed by atoms with Gasteiger partial charge in [-0.3, -0.25) is 0 Å². The average Bonchev–Trinajstić information content (AvgIpc) is 3.31. The predicted molar refractivity (Wildman–Crippen MR) is 130 cm³/mol. The summed E-state index contributed by atoms with van der Waals surface area (Å²) in [6, 6.07) is 10.3. The van der Waals surface area contributed by atoms with Crippen molar-refractivity contribution in [2.24, 2.45) is 0 Å². The summed E-state index contributed by atoms with van der Waals surface area (Å²) in [5.41, 5.74) is 0.720. The first-order valence-corrected chi connectivity index (χ1v) is 11.0. The summed E-state index contributed by atoms with van der Waals surface area (Å²) in [4.78, 5) is 0. The molecule has 0 atom stereocenters. The monoisotopic (exact) mass is 508 g/mol. The van der Waals surface area contributed by atoms with Crippen LogP contribution in [0.5, 0.6) is 11.5 Å². The number of hydrogen-bond acceptors (Lipinski definition) is 5. The number of H-pyrrole nitrogens is 1. The molecule has 3 aromatic rings. The van der Waals surface area contributed by atoms with Crippen LogP contribution >= 0.6 is 0 Å². The molecule has 3 rings (SSSR count). The quantitative estimate of drug-likeness (QED) is 0.285. The van der Waals surface area contributed by atoms with E-state index in [4.69, 9.17) is 4.74 Å². The van der Waals surface area contributed by atoms with E-state index in [0.717, 1.165) is 48.9 Å². The Balaban J connectivity index is 0.00000306. The molecule has 1 heterocycles. The molecule has 6 nitrogen and oxygen atoms in total. The van der Waals surface area contributed by atoms with E-state index in [1.807, 2.05) is 0 Å². The number of aryl methyl sites for hydroxylation is 2. The second-order valence-electron chi connectivity index (χ2n) is 8.76. The number of rotatable bonds is 11. The molecule has 0 saturated carbocycles. The number of nitrogens with one attached hydrogen (secondary N) is 1. The van der Waals surface area contributed by atoms with Crippen molar-refractivity contribution < 1.29 is 23.0 Å². The number of aromatic hydroxyl groups is 1. The maximum atomic E-state index is 12.7. The molecule has 0 saturated heterocycles. The van der Waals surface area contributed by atoms with Crippen molar-refractivity contribution >= 4 is 59.1 Å². The molecule has 0 aliphatic heterocycles. The van der Waals surface area contributed by atoms with Gasteiger partial charge < -0.3 is 9.84 Å². The third-order valence-electron chi connectivity index (χ3n) is 5.69. The number of nitrogens with zero attached hydrogens (tertiary/aromatic N) is 3. The Morgan fingerprint density at radius 3 is 2.26 bits per heavy atom. The molecular weight excluding hydrogens is 479 g/mol. The molecular formula is C24H29F3N4Na2O2. The van der Waals surface area contributed by atoms with Gasteiger partial charge in [0.05, 0.1) is 12.2 Å². The van der Waals surface area contributed by atoms with Crippen molar-refractivity contribution in [2.45, 2.75) is 64.0 Å². The van der Waals surface area contributed by atoms with E-state index in [0.29, 0.717) is 31.0 Å². The Bertz CT molecular complexity index is 1010. The normalized spacial score (nSPS) is 11.5. The van der Waals surface area contributed by atoms with Crippen molar-refractivity contribution in [3.05, 3.63) is 65.0 Å². The fraction of sp³-hybridized carbons (Fsp3) is 0.458. The summed E-state index contributed by atoms with van der Waals surface area (Å²) >= 11 is 0. The zero-order valence-electron chi connectivity index (χ0n) is 20.8. The first-order chi connectivity index (χ1) is 15.6. The Hall–Kier alpha value is -1.10. The first-order valence-electron chi connectivity index (χ1n) is 11.0. The van der Waals surface area contributed by atoms with Crippen molar-refractivity contribution in [3.63, 3.8) is 0 Å². The van der Waals surface area contributed by atoms with Crippen LogP contribution in [0.15, 0.2) is 42.5 Å². The SMILES string of the molecule is CC(C)(CCCCCOc1ccc(CCc2ccc(C(F)(F)F)cc2)c(O)c1)c1nn[nH]n1.[Na].[Na]. The number of phenols is 1. The molecule has 35 heavy (non-hydrogen) atoms. The number of benzene rings is 2. The van der Waals surface area contributed by atoms with Gasteiger partial charge >= 0.3 is 6.18 Å². The van der Waals surface area contributed by atoms with Crippen LogP contribution in [0.2, 0.25) is 0 Å². The van der Waals surface area contributed by atoms with Crippen molar-refractivity contribution in [2.75, 3.05) is 6.61 Å². The minimum Gasteiger partial charge on any atom is -0.508 e. The molecule has 0 bridgehead atoms. The molecule has 2 N–H and O–H groups in total. The smallest absolute Gasteiger partial charge is 0.416 e. The molecule has 0 aliphatic rings. The van der Waals surface area contributed by atoms with Gasteiger partial charge in [-0.05, 0) is 55.0 Å². The summed E-state index contributed by atoms with van der Waals surface area (Å²) in [6.07, 6.45) is 0.565. The van der Waals surface area contributed by atoms with Gasteiger partial charge in [0, 0.05) is 70.6 Å². The van der Waals surface area contributed by atoms with Gasteiger partial charge in [0.2, 0.25) is 0 Å². The molecule has 2 aromatic carbocycles. The third-order valence-corrected chi connectivity index (χ3v) is 5.69. The molecule has 0 aliphatic carbocycles. The van der Waals surface area contributed by atoms with Crippen LogP contribution in [0.4, 0.5) is 13.2 Å². The number of unbranched alkanes of at least 4 members (excludes halogenated alkanes) is 2. The number of ether oxygens (including phenoxy) is 1. The number of alkyl halides is 3. The van der Waals surface area contributed by atoms with E-state index in [2.05, 4.69) is 34.5 Å². The van der Waals surface area contributed by atoms with Crippen LogP contribution in [0.25, 0.3) is 0 Å². The van der Waals surface area contributed by atoms with Gasteiger partial charge in [0.1, 0.15) is 11.5 Å². The fourth-order valence-corrected chi connectivity index (χ4v) is 3.58. The Kier molecular flexibility index (Phi) is 13.3. The van der Waals surface area contributed by atoms with Gasteiger partial charge in [0.15, 0.2) is 5.82 Å². The molecule has 0 amide bonds. The van der Waals surface area contributed by atoms with Gasteiger partial charge in [-0.15, -0.1) is 10.2 Å². The van der Waals surface area contributed by atoms with Crippen LogP contribution in [-0.4, -0.2) is 91.5 Å². The largest absolute Gasteiger partial charge is 0.508 e. The van der Waals surface area contributed by atoms with E-state index >= 15 is 0 Å². The summed E-state index contributed by atoms with van der Waals surface area (Å²) in [5, 5.41) is 24.5. The Morgan fingerprint density at radius 2 is 1.66 bits per heavy atom. The van der Waals surface area contributed by atoms with E-state index in [1.54, 1.807) is 18.2 Å². The summed E-state index contributed by atoms with van der Waals surface area (Å²) in [6.45, 7) is 4.74. The van der Waals surface area contributed by atoms with E-state index in [1.165, 1.54) is 12.1 Å². The minimum absolute atomic E-state index is 0. The second-order valence-corrected chi connectivity index (χ2v) is 8.76. The first kappa shape index (κ1) is 31.9. The molecule has 180 valence electrons. The number of halogens is 3. The van der Waals surface area contributed by atoms with Crippen LogP contribution in [-0.2, 0) is 24.4 Å². The summed E-state index contributed by atoms with van der Waals surface area (Å²) in [7, 11) is 0. The van der Waals surface area contributed by atoms with E-state index < -0.39 is 11.7 Å². The summed E-state index contributed by atoms with van der Waals surface area (Å²) in [5.74, 6) is 1.44. The van der Waals surface area contributed by atoms with Crippen molar-refractivity contribution in [3.8, 4) is 11.5 Å². The average molecular weight is 508 g/mol. The van der Waals surface area contributed by atoms with Gasteiger partial charge in [-0.25, -0.2) is 0 Å². The van der Waals surface area contributed by atoms with Crippen LogP contribution < -0.4 is 4.74 Å². The standard InChI is InChI=1S/C24H29F3N4O2.2Na/c1-23(2,22-28-30-31-29-22)14-4-3-5-15-33-20-13-10-18(21(32)16-20)9-6-17-7-11-19(12-8-17)24(25,26)27;;/h7-8,10-13,16,32H,3-6,9,14-15H2,1-2H3,(H,28,29,30,31);;. The van der Waals surface area contributed by atoms with Crippen LogP contribution in [0.3, 0.4) is 0 Å². The number of phenolic OH excluding ortho intramolecular Hbond substituents is 1. The van der Waals surface area contributed by atoms with Gasteiger partial charge in [-0.1, -0.05) is 50.1 Å². The topological polar surface area (TPSA) is 83.9 Å². The number of aromatic amines is 1.